The Bertz CT molecular complexity index is 205. The Hall–Kier alpha value is 0.157. The van der Waals surface area contributed by atoms with Gasteiger partial charge in [0.15, 0.2) is 0 Å². The van der Waals surface area contributed by atoms with E-state index >= 15 is 0 Å². The molecular formula is C10H21O3SSi. The molecule has 3 nitrogen and oxygen atoms in total. The van der Waals surface area contributed by atoms with Crippen molar-refractivity contribution in [1.29, 1.82) is 0 Å². The van der Waals surface area contributed by atoms with Gasteiger partial charge in [0, 0.05) is 12.0 Å². The van der Waals surface area contributed by atoms with Crippen LogP contribution in [0.4, 0.5) is 0 Å². The quantitative estimate of drug-likeness (QED) is 0.467. The van der Waals surface area contributed by atoms with Crippen LogP contribution in [0.15, 0.2) is 0 Å². The van der Waals surface area contributed by atoms with Gasteiger partial charge in [0.2, 0.25) is 0 Å². The lowest BCUT2D eigenvalue weighted by Crippen LogP contribution is -2.43. The van der Waals surface area contributed by atoms with Crippen molar-refractivity contribution in [2.45, 2.75) is 43.6 Å². The van der Waals surface area contributed by atoms with Crippen molar-refractivity contribution in [1.82, 2.24) is 0 Å². The predicted octanol–water partition coefficient (Wildman–Crippen LogP) is 1.04. The van der Waals surface area contributed by atoms with E-state index in [1.807, 2.05) is 0 Å². The highest BCUT2D eigenvalue weighted by atomic mass is 32.1. The van der Waals surface area contributed by atoms with Crippen molar-refractivity contribution in [3.05, 3.63) is 0 Å². The smallest absolute Gasteiger partial charge is 0.139 e. The van der Waals surface area contributed by atoms with Gasteiger partial charge in [-0.05, 0) is 13.3 Å². The normalized spacial score (nSPS) is 18.6. The third-order valence-electron chi connectivity index (χ3n) is 2.39. The fraction of sp³-hybridized carbons (Fsp3) is 0.900. The molecular weight excluding hydrogens is 228 g/mol. The highest BCUT2D eigenvalue weighted by molar-refractivity contribution is 7.82. The number of methoxy groups -OCH3 is 1. The van der Waals surface area contributed by atoms with Gasteiger partial charge in [-0.25, -0.2) is 0 Å². The van der Waals surface area contributed by atoms with E-state index in [9.17, 15) is 5.11 Å². The van der Waals surface area contributed by atoms with Crippen molar-refractivity contribution < 1.29 is 14.9 Å². The number of rotatable bonds is 7. The maximum atomic E-state index is 9.83. The molecule has 0 fully saturated rings. The molecule has 0 aliphatic heterocycles. The summed E-state index contributed by atoms with van der Waals surface area (Å²) in [5.74, 6) is 0. The molecule has 0 amide bonds. The third-order valence-corrected chi connectivity index (χ3v) is 4.46. The first-order valence-electron chi connectivity index (χ1n) is 5.17. The zero-order chi connectivity index (χ0) is 11.9. The number of hydrogen-bond donors (Lipinski definition) is 3. The van der Waals surface area contributed by atoms with Crippen LogP contribution in [0.25, 0.3) is 0 Å². The van der Waals surface area contributed by atoms with Crippen molar-refractivity contribution in [2.75, 3.05) is 13.7 Å². The summed E-state index contributed by atoms with van der Waals surface area (Å²) in [5, 5.41) is 19.1. The number of ether oxygens (including phenoxy) is 1. The van der Waals surface area contributed by atoms with Gasteiger partial charge in [-0.1, -0.05) is 19.8 Å². The van der Waals surface area contributed by atoms with E-state index in [2.05, 4.69) is 19.6 Å². The third kappa shape index (κ3) is 5.15. The van der Waals surface area contributed by atoms with Crippen molar-refractivity contribution in [3.63, 3.8) is 0 Å². The molecule has 5 heteroatoms. The standard InChI is InChI=1S/C10H21O3SSi/c1-4-5-6-8(14)15-9(12)10(2,7-11)13-3/h8,11-12,14H,4-7H2,1-3H3. The van der Waals surface area contributed by atoms with E-state index in [0.29, 0.717) is 0 Å². The maximum Gasteiger partial charge on any atom is 0.139 e. The molecule has 0 aromatic carbocycles. The minimum absolute atomic E-state index is 0.158. The molecule has 0 aliphatic carbocycles. The second-order valence-electron chi connectivity index (χ2n) is 3.74. The maximum absolute atomic E-state index is 9.83. The van der Waals surface area contributed by atoms with Crippen LogP contribution in [-0.2, 0) is 4.74 Å². The Balaban J connectivity index is 4.39. The highest BCUT2D eigenvalue weighted by Gasteiger charge is 2.28. The topological polar surface area (TPSA) is 49.7 Å². The van der Waals surface area contributed by atoms with Gasteiger partial charge in [0.1, 0.15) is 5.60 Å². The molecule has 89 valence electrons. The van der Waals surface area contributed by atoms with Crippen LogP contribution in [0, 0.1) is 0 Å². The van der Waals surface area contributed by atoms with Gasteiger partial charge in [-0.15, -0.1) is 0 Å². The van der Waals surface area contributed by atoms with Gasteiger partial charge in [-0.3, -0.25) is 0 Å². The second-order valence-corrected chi connectivity index (χ2v) is 6.31. The number of hydrogen-bond acceptors (Lipinski definition) is 4. The Labute approximate surface area is 99.7 Å². The molecule has 0 aromatic heterocycles. The minimum Gasteiger partial charge on any atom is -0.515 e. The molecule has 15 heavy (non-hydrogen) atoms. The highest BCUT2D eigenvalue weighted by Crippen LogP contribution is 2.10. The summed E-state index contributed by atoms with van der Waals surface area (Å²) in [6, 6.07) is 0. The van der Waals surface area contributed by atoms with Crippen LogP contribution in [-0.4, -0.2) is 48.9 Å². The summed E-state index contributed by atoms with van der Waals surface area (Å²) in [5.41, 5.74) is -0.939. The van der Waals surface area contributed by atoms with E-state index in [1.54, 1.807) is 6.92 Å². The number of aliphatic hydroxyl groups is 2. The van der Waals surface area contributed by atoms with Crippen molar-refractivity contribution in [3.8, 4) is 0 Å². The number of aliphatic hydroxyl groups excluding tert-OH is 2. The Morgan fingerprint density at radius 1 is 1.60 bits per heavy atom. The first-order chi connectivity index (χ1) is 7.00. The average molecular weight is 249 g/mol. The lowest BCUT2D eigenvalue weighted by atomic mass is 10.1. The monoisotopic (exact) mass is 249 g/mol. The van der Waals surface area contributed by atoms with Gasteiger partial charge in [-0.2, -0.15) is 12.6 Å². The van der Waals surface area contributed by atoms with Crippen LogP contribution in [0.3, 0.4) is 0 Å². The molecule has 2 atom stereocenters. The molecule has 0 bridgehead atoms. The summed E-state index contributed by atoms with van der Waals surface area (Å²) in [4.78, 5) is 0.158. The molecule has 0 saturated carbocycles. The Morgan fingerprint density at radius 3 is 2.60 bits per heavy atom. The van der Waals surface area contributed by atoms with Crippen molar-refractivity contribution >= 4 is 27.1 Å². The molecule has 0 heterocycles. The molecule has 2 unspecified atom stereocenters. The van der Waals surface area contributed by atoms with E-state index in [1.165, 1.54) is 7.11 Å². The minimum atomic E-state index is -0.939. The summed E-state index contributed by atoms with van der Waals surface area (Å²) in [6.45, 7) is 3.59. The van der Waals surface area contributed by atoms with E-state index in [4.69, 9.17) is 9.84 Å². The predicted molar refractivity (Wildman–Crippen MR) is 67.5 cm³/mol. The molecule has 0 aromatic rings. The lowest BCUT2D eigenvalue weighted by molar-refractivity contribution is 0.00638. The molecule has 0 rings (SSSR count). The summed E-state index contributed by atoms with van der Waals surface area (Å²) >= 11 is 4.41. The molecule has 0 aliphatic rings. The summed E-state index contributed by atoms with van der Waals surface area (Å²) < 4.78 is 5.09. The van der Waals surface area contributed by atoms with E-state index in [0.717, 1.165) is 19.3 Å². The lowest BCUT2D eigenvalue weighted by Gasteiger charge is -2.25. The Kier molecular flexibility index (Phi) is 7.51. The van der Waals surface area contributed by atoms with Crippen molar-refractivity contribution in [2.24, 2.45) is 0 Å². The van der Waals surface area contributed by atoms with Gasteiger partial charge in [0.25, 0.3) is 0 Å². The van der Waals surface area contributed by atoms with Gasteiger partial charge >= 0.3 is 0 Å². The zero-order valence-corrected chi connectivity index (χ0v) is 11.6. The van der Waals surface area contributed by atoms with Crippen LogP contribution < -0.4 is 0 Å². The molecule has 2 N–H and O–H groups in total. The first kappa shape index (κ1) is 15.2. The largest absolute Gasteiger partial charge is 0.515 e. The van der Waals surface area contributed by atoms with Gasteiger partial charge < -0.3 is 14.9 Å². The Morgan fingerprint density at radius 2 is 2.20 bits per heavy atom. The average Bonchev–Trinajstić information content (AvgIpc) is 2.24. The van der Waals surface area contributed by atoms with Gasteiger partial charge in [0.05, 0.1) is 21.1 Å². The fourth-order valence-corrected chi connectivity index (χ4v) is 2.72. The van der Waals surface area contributed by atoms with E-state index in [-0.39, 0.29) is 26.0 Å². The fourth-order valence-electron chi connectivity index (χ4n) is 1.02. The number of unbranched alkanes of at least 4 members (excludes halogenated alkanes) is 1. The second kappa shape index (κ2) is 7.43. The zero-order valence-electron chi connectivity index (χ0n) is 9.66. The van der Waals surface area contributed by atoms with Crippen LogP contribution in [0.5, 0.6) is 0 Å². The SMILES string of the molecule is CCCCC(S)[Si]=C(O)C(C)(CO)OC. The molecule has 0 spiro atoms. The van der Waals surface area contributed by atoms with Crippen LogP contribution in [0.2, 0.25) is 0 Å². The summed E-state index contributed by atoms with van der Waals surface area (Å²) in [6.07, 6.45) is 3.22. The first-order valence-corrected chi connectivity index (χ1v) is 6.76. The van der Waals surface area contributed by atoms with E-state index < -0.39 is 5.60 Å². The number of thiol groups is 1. The molecule has 0 saturated heterocycles. The summed E-state index contributed by atoms with van der Waals surface area (Å²) in [7, 11) is 1.69. The molecule has 1 radical (unpaired) electrons. The van der Waals surface area contributed by atoms with Crippen LogP contribution in [0.1, 0.15) is 33.1 Å². The van der Waals surface area contributed by atoms with Crippen LogP contribution >= 0.6 is 12.6 Å².